The molecule has 0 atom stereocenters. The van der Waals surface area contributed by atoms with Gasteiger partial charge in [0.05, 0.1) is 12.2 Å². The first kappa shape index (κ1) is 13.1. The summed E-state index contributed by atoms with van der Waals surface area (Å²) in [6.07, 6.45) is -4.60. The predicted molar refractivity (Wildman–Crippen MR) is 63.5 cm³/mol. The molecule has 0 saturated heterocycles. The first-order valence-electron chi connectivity index (χ1n) is 5.36. The Bertz CT molecular complexity index is 649. The highest BCUT2D eigenvalue weighted by molar-refractivity contribution is 5.29. The molecule has 7 heteroatoms. The highest BCUT2D eigenvalue weighted by Gasteiger charge is 2.34. The molecule has 100 valence electrons. The van der Waals surface area contributed by atoms with Crippen LogP contribution in [-0.2, 0) is 12.7 Å². The Labute approximate surface area is 106 Å². The zero-order valence-electron chi connectivity index (χ0n) is 9.69. The van der Waals surface area contributed by atoms with E-state index in [4.69, 9.17) is 5.73 Å². The summed E-state index contributed by atoms with van der Waals surface area (Å²) in [5.74, 6) is 0.190. The van der Waals surface area contributed by atoms with Crippen LogP contribution >= 0.6 is 0 Å². The van der Waals surface area contributed by atoms with Crippen LogP contribution in [0.5, 0.6) is 0 Å². The van der Waals surface area contributed by atoms with Crippen molar-refractivity contribution in [1.82, 2.24) is 9.55 Å². The number of nitrogens with two attached hydrogens (primary N) is 1. The molecule has 0 aliphatic carbocycles. The van der Waals surface area contributed by atoms with E-state index in [1.165, 1.54) is 12.1 Å². The van der Waals surface area contributed by atoms with Gasteiger partial charge in [-0.2, -0.15) is 13.2 Å². The molecule has 0 fully saturated rings. The van der Waals surface area contributed by atoms with E-state index in [0.717, 1.165) is 18.2 Å². The fourth-order valence-corrected chi connectivity index (χ4v) is 1.68. The van der Waals surface area contributed by atoms with Crippen LogP contribution in [0.25, 0.3) is 0 Å². The molecule has 2 N–H and O–H groups in total. The van der Waals surface area contributed by atoms with Crippen molar-refractivity contribution in [2.24, 2.45) is 0 Å². The first-order chi connectivity index (χ1) is 8.88. The van der Waals surface area contributed by atoms with Crippen molar-refractivity contribution >= 4 is 5.82 Å². The summed E-state index contributed by atoms with van der Waals surface area (Å²) in [7, 11) is 0. The molecule has 0 amide bonds. The van der Waals surface area contributed by atoms with E-state index in [9.17, 15) is 18.0 Å². The summed E-state index contributed by atoms with van der Waals surface area (Å²) >= 11 is 0. The first-order valence-corrected chi connectivity index (χ1v) is 5.36. The van der Waals surface area contributed by atoms with Gasteiger partial charge in [-0.25, -0.2) is 4.98 Å². The molecule has 0 aromatic carbocycles. The van der Waals surface area contributed by atoms with E-state index in [-0.39, 0.29) is 12.4 Å². The number of pyridine rings is 2. The third kappa shape index (κ3) is 2.93. The molecule has 0 spiro atoms. The molecule has 0 aliphatic heterocycles. The smallest absolute Gasteiger partial charge is 0.384 e. The molecular formula is C12H10F3N3O. The van der Waals surface area contributed by atoms with Gasteiger partial charge < -0.3 is 5.73 Å². The van der Waals surface area contributed by atoms with Crippen LogP contribution in [0, 0.1) is 0 Å². The van der Waals surface area contributed by atoms with Gasteiger partial charge in [-0.3, -0.25) is 9.36 Å². The normalized spacial score (nSPS) is 11.5. The Balaban J connectivity index is 2.48. The maximum Gasteiger partial charge on any atom is 0.431 e. The topological polar surface area (TPSA) is 60.9 Å². The molecule has 2 heterocycles. The van der Waals surface area contributed by atoms with E-state index < -0.39 is 17.4 Å². The van der Waals surface area contributed by atoms with Crippen LogP contribution in [-0.4, -0.2) is 9.55 Å². The summed E-state index contributed by atoms with van der Waals surface area (Å²) < 4.78 is 39.0. The molecule has 4 nitrogen and oxygen atoms in total. The van der Waals surface area contributed by atoms with Gasteiger partial charge in [-0.1, -0.05) is 12.1 Å². The Morgan fingerprint density at radius 1 is 1.16 bits per heavy atom. The van der Waals surface area contributed by atoms with Crippen LogP contribution in [0.2, 0.25) is 0 Å². The van der Waals surface area contributed by atoms with E-state index in [1.807, 2.05) is 0 Å². The fraction of sp³-hybridized carbons (Fsp3) is 0.167. The molecular weight excluding hydrogens is 259 g/mol. The van der Waals surface area contributed by atoms with Crippen LogP contribution in [0.3, 0.4) is 0 Å². The lowest BCUT2D eigenvalue weighted by Crippen LogP contribution is -2.27. The van der Waals surface area contributed by atoms with E-state index >= 15 is 0 Å². The number of anilines is 1. The van der Waals surface area contributed by atoms with Crippen LogP contribution in [0.15, 0.2) is 41.2 Å². The summed E-state index contributed by atoms with van der Waals surface area (Å²) in [6, 6.07) is 7.60. The number of nitrogens with zero attached hydrogens (tertiary/aromatic N) is 2. The molecule has 2 aromatic heterocycles. The predicted octanol–water partition coefficient (Wildman–Crippen LogP) is 1.89. The van der Waals surface area contributed by atoms with E-state index in [0.29, 0.717) is 10.3 Å². The maximum absolute atomic E-state index is 12.8. The van der Waals surface area contributed by atoms with Gasteiger partial charge in [0.2, 0.25) is 0 Å². The average Bonchev–Trinajstić information content (AvgIpc) is 2.30. The van der Waals surface area contributed by atoms with Crippen molar-refractivity contribution in [2.45, 2.75) is 12.7 Å². The zero-order chi connectivity index (χ0) is 14.0. The van der Waals surface area contributed by atoms with Gasteiger partial charge >= 0.3 is 6.18 Å². The minimum atomic E-state index is -4.60. The molecule has 2 aromatic rings. The minimum absolute atomic E-state index is 0.190. The third-order valence-corrected chi connectivity index (χ3v) is 2.49. The average molecular weight is 269 g/mol. The van der Waals surface area contributed by atoms with Gasteiger partial charge in [-0.05, 0) is 18.2 Å². The van der Waals surface area contributed by atoms with Crippen LogP contribution in [0.4, 0.5) is 19.0 Å². The molecule has 0 radical (unpaired) electrons. The lowest BCUT2D eigenvalue weighted by Gasteiger charge is -2.14. The standard InChI is InChI=1S/C12H10F3N3O/c13-12(14,15)9-4-2-6-11(19)18(9)7-8-3-1-5-10(16)17-8/h1-6H,7H2,(H2,16,17). The van der Waals surface area contributed by atoms with Crippen molar-refractivity contribution in [3.63, 3.8) is 0 Å². The van der Waals surface area contributed by atoms with Crippen molar-refractivity contribution in [1.29, 1.82) is 0 Å². The van der Waals surface area contributed by atoms with Gasteiger partial charge in [0.1, 0.15) is 11.5 Å². The lowest BCUT2D eigenvalue weighted by atomic mass is 10.3. The largest absolute Gasteiger partial charge is 0.431 e. The lowest BCUT2D eigenvalue weighted by molar-refractivity contribution is -0.144. The second-order valence-electron chi connectivity index (χ2n) is 3.89. The van der Waals surface area contributed by atoms with Crippen molar-refractivity contribution in [3.05, 3.63) is 58.1 Å². The van der Waals surface area contributed by atoms with Crippen LogP contribution < -0.4 is 11.3 Å². The van der Waals surface area contributed by atoms with E-state index in [1.54, 1.807) is 6.07 Å². The van der Waals surface area contributed by atoms with Crippen molar-refractivity contribution in [2.75, 3.05) is 5.73 Å². The number of nitrogen functional groups attached to an aromatic ring is 1. The minimum Gasteiger partial charge on any atom is -0.384 e. The Hall–Kier alpha value is -2.31. The molecule has 0 bridgehead atoms. The molecule has 0 unspecified atom stereocenters. The quantitative estimate of drug-likeness (QED) is 0.905. The molecule has 0 aliphatic rings. The Morgan fingerprint density at radius 3 is 2.47 bits per heavy atom. The number of halogens is 3. The summed E-state index contributed by atoms with van der Waals surface area (Å²) in [5, 5.41) is 0. The molecule has 19 heavy (non-hydrogen) atoms. The number of hydrogen-bond acceptors (Lipinski definition) is 3. The Kier molecular flexibility index (Phi) is 3.28. The second kappa shape index (κ2) is 4.75. The van der Waals surface area contributed by atoms with Crippen molar-refractivity contribution in [3.8, 4) is 0 Å². The summed E-state index contributed by atoms with van der Waals surface area (Å²) in [6.45, 7) is -0.278. The third-order valence-electron chi connectivity index (χ3n) is 2.49. The summed E-state index contributed by atoms with van der Waals surface area (Å²) in [4.78, 5) is 15.5. The van der Waals surface area contributed by atoms with E-state index in [2.05, 4.69) is 4.98 Å². The highest BCUT2D eigenvalue weighted by Crippen LogP contribution is 2.28. The van der Waals surface area contributed by atoms with Gasteiger partial charge in [0, 0.05) is 6.07 Å². The zero-order valence-corrected chi connectivity index (χ0v) is 9.69. The maximum atomic E-state index is 12.8. The fourth-order valence-electron chi connectivity index (χ4n) is 1.68. The SMILES string of the molecule is Nc1cccc(Cn2c(C(F)(F)F)cccc2=O)n1. The van der Waals surface area contributed by atoms with Gasteiger partial charge in [0.25, 0.3) is 5.56 Å². The van der Waals surface area contributed by atoms with Gasteiger partial charge in [-0.15, -0.1) is 0 Å². The van der Waals surface area contributed by atoms with Crippen molar-refractivity contribution < 1.29 is 13.2 Å². The second-order valence-corrected chi connectivity index (χ2v) is 3.89. The summed E-state index contributed by atoms with van der Waals surface area (Å²) in [5.41, 5.74) is 4.00. The number of rotatable bonds is 2. The van der Waals surface area contributed by atoms with Crippen LogP contribution in [0.1, 0.15) is 11.4 Å². The van der Waals surface area contributed by atoms with Gasteiger partial charge in [0.15, 0.2) is 0 Å². The molecule has 2 rings (SSSR count). The monoisotopic (exact) mass is 269 g/mol. The Morgan fingerprint density at radius 2 is 1.84 bits per heavy atom. The highest BCUT2D eigenvalue weighted by atomic mass is 19.4. The number of aromatic nitrogens is 2. The number of hydrogen-bond donors (Lipinski definition) is 1. The number of alkyl halides is 3. The molecule has 0 saturated carbocycles.